The molecule has 3 aromatic rings. The molecule has 0 unspecified atom stereocenters. The zero-order valence-corrected chi connectivity index (χ0v) is 14.7. The summed E-state index contributed by atoms with van der Waals surface area (Å²) in [6, 6.07) is 14.0. The minimum absolute atomic E-state index is 0.000213. The second-order valence-electron chi connectivity index (χ2n) is 6.73. The van der Waals surface area contributed by atoms with Crippen LogP contribution in [0, 0.1) is 0 Å². The van der Waals surface area contributed by atoms with Crippen LogP contribution in [0.3, 0.4) is 0 Å². The van der Waals surface area contributed by atoms with Gasteiger partial charge in [0, 0.05) is 42.8 Å². The minimum atomic E-state index is -0.000213. The number of fused-ring (bicyclic) bond motifs is 2. The van der Waals surface area contributed by atoms with Gasteiger partial charge < -0.3 is 15.2 Å². The topological polar surface area (TPSA) is 65.2 Å². The third-order valence-electron chi connectivity index (χ3n) is 5.00. The molecule has 1 aliphatic rings. The van der Waals surface area contributed by atoms with Gasteiger partial charge in [0.2, 0.25) is 11.8 Å². The first-order chi connectivity index (χ1) is 12.6. The number of nitrogens with one attached hydrogen (secondary N) is 2. The van der Waals surface area contributed by atoms with E-state index >= 15 is 0 Å². The van der Waals surface area contributed by atoms with Gasteiger partial charge in [-0.3, -0.25) is 9.59 Å². The molecule has 1 aromatic heterocycles. The molecule has 0 radical (unpaired) electrons. The summed E-state index contributed by atoms with van der Waals surface area (Å²) in [7, 11) is 1.81. The van der Waals surface area contributed by atoms with Crippen LogP contribution in [0.4, 0.5) is 5.69 Å². The Morgan fingerprint density at radius 3 is 2.92 bits per heavy atom. The largest absolute Gasteiger partial charge is 0.361 e. The highest BCUT2D eigenvalue weighted by atomic mass is 16.2. The van der Waals surface area contributed by atoms with Gasteiger partial charge in [0.25, 0.3) is 0 Å². The molecule has 0 bridgehead atoms. The smallest absolute Gasteiger partial charge is 0.227 e. The van der Waals surface area contributed by atoms with Gasteiger partial charge in [-0.2, -0.15) is 0 Å². The van der Waals surface area contributed by atoms with Gasteiger partial charge >= 0.3 is 0 Å². The van der Waals surface area contributed by atoms with E-state index in [9.17, 15) is 9.59 Å². The van der Waals surface area contributed by atoms with Crippen LogP contribution in [0.15, 0.2) is 48.7 Å². The van der Waals surface area contributed by atoms with Crippen molar-refractivity contribution in [3.8, 4) is 0 Å². The minimum Gasteiger partial charge on any atom is -0.361 e. The van der Waals surface area contributed by atoms with E-state index in [0.717, 1.165) is 39.7 Å². The highest BCUT2D eigenvalue weighted by molar-refractivity contribution is 5.96. The van der Waals surface area contributed by atoms with Crippen molar-refractivity contribution in [3.63, 3.8) is 0 Å². The molecule has 2 N–H and O–H groups in total. The quantitative estimate of drug-likeness (QED) is 0.762. The van der Waals surface area contributed by atoms with Crippen molar-refractivity contribution in [3.05, 3.63) is 65.4 Å². The summed E-state index contributed by atoms with van der Waals surface area (Å²) in [5.74, 6) is 0.150. The van der Waals surface area contributed by atoms with E-state index in [2.05, 4.69) is 16.4 Å². The number of anilines is 1. The van der Waals surface area contributed by atoms with Crippen molar-refractivity contribution in [1.82, 2.24) is 10.3 Å². The summed E-state index contributed by atoms with van der Waals surface area (Å²) in [5, 5.41) is 4.08. The number of aromatic nitrogens is 1. The average molecular weight is 347 g/mol. The van der Waals surface area contributed by atoms with Gasteiger partial charge in [0.15, 0.2) is 0 Å². The number of hydrogen-bond donors (Lipinski definition) is 2. The highest BCUT2D eigenvalue weighted by Crippen LogP contribution is 2.27. The summed E-state index contributed by atoms with van der Waals surface area (Å²) in [6.45, 7) is 0.492. The molecule has 2 aromatic carbocycles. The van der Waals surface area contributed by atoms with E-state index in [0.29, 0.717) is 19.4 Å². The molecule has 0 spiro atoms. The van der Waals surface area contributed by atoms with Crippen LogP contribution >= 0.6 is 0 Å². The maximum absolute atomic E-state index is 12.3. The number of benzene rings is 2. The van der Waals surface area contributed by atoms with Gasteiger partial charge in [-0.05, 0) is 35.2 Å². The van der Waals surface area contributed by atoms with Crippen LogP contribution in [-0.4, -0.2) is 23.8 Å². The van der Waals surface area contributed by atoms with Crippen LogP contribution in [0.1, 0.15) is 23.1 Å². The predicted molar refractivity (Wildman–Crippen MR) is 102 cm³/mol. The molecule has 4 rings (SSSR count). The molecule has 0 atom stereocenters. The van der Waals surface area contributed by atoms with Crippen LogP contribution in [0.5, 0.6) is 0 Å². The summed E-state index contributed by atoms with van der Waals surface area (Å²) in [6.07, 6.45) is 3.55. The molecule has 2 heterocycles. The SMILES string of the molecule is CN1C(=O)CCc2cc(CNC(=O)Cc3c[nH]c4ccccc34)ccc21. The van der Waals surface area contributed by atoms with Gasteiger partial charge in [-0.25, -0.2) is 0 Å². The van der Waals surface area contributed by atoms with E-state index in [-0.39, 0.29) is 11.8 Å². The fourth-order valence-corrected chi connectivity index (χ4v) is 3.53. The Labute approximate surface area is 152 Å². The van der Waals surface area contributed by atoms with E-state index in [1.54, 1.807) is 4.90 Å². The third-order valence-corrected chi connectivity index (χ3v) is 5.00. The molecule has 0 saturated heterocycles. The predicted octanol–water partition coefficient (Wildman–Crippen LogP) is 2.94. The first-order valence-electron chi connectivity index (χ1n) is 8.82. The highest BCUT2D eigenvalue weighted by Gasteiger charge is 2.20. The Bertz CT molecular complexity index is 990. The van der Waals surface area contributed by atoms with Crippen LogP contribution in [0.25, 0.3) is 10.9 Å². The van der Waals surface area contributed by atoms with E-state index < -0.39 is 0 Å². The van der Waals surface area contributed by atoms with Crippen molar-refractivity contribution in [1.29, 1.82) is 0 Å². The Morgan fingerprint density at radius 1 is 1.19 bits per heavy atom. The monoisotopic (exact) mass is 347 g/mol. The van der Waals surface area contributed by atoms with Gasteiger partial charge in [0.05, 0.1) is 6.42 Å². The van der Waals surface area contributed by atoms with Crippen LogP contribution in [-0.2, 0) is 29.0 Å². The van der Waals surface area contributed by atoms with E-state index in [1.165, 1.54) is 0 Å². The number of hydrogen-bond acceptors (Lipinski definition) is 2. The molecule has 2 amide bonds. The molecule has 132 valence electrons. The Morgan fingerprint density at radius 2 is 2.04 bits per heavy atom. The normalized spacial score (nSPS) is 13.7. The molecule has 0 aliphatic carbocycles. The number of aromatic amines is 1. The Balaban J connectivity index is 1.41. The molecule has 5 heteroatoms. The molecule has 5 nitrogen and oxygen atoms in total. The second-order valence-corrected chi connectivity index (χ2v) is 6.73. The first-order valence-corrected chi connectivity index (χ1v) is 8.82. The maximum Gasteiger partial charge on any atom is 0.227 e. The molecule has 26 heavy (non-hydrogen) atoms. The second kappa shape index (κ2) is 6.67. The van der Waals surface area contributed by atoms with Crippen molar-refractivity contribution in [2.45, 2.75) is 25.8 Å². The van der Waals surface area contributed by atoms with Gasteiger partial charge in [0.1, 0.15) is 0 Å². The number of carbonyl (C=O) groups is 2. The summed E-state index contributed by atoms with van der Waals surface area (Å²) < 4.78 is 0. The zero-order chi connectivity index (χ0) is 18.1. The number of amides is 2. The van der Waals surface area contributed by atoms with E-state index in [4.69, 9.17) is 0 Å². The number of aryl methyl sites for hydroxylation is 1. The van der Waals surface area contributed by atoms with Gasteiger partial charge in [-0.15, -0.1) is 0 Å². The number of nitrogens with zero attached hydrogens (tertiary/aromatic N) is 1. The number of H-pyrrole nitrogens is 1. The van der Waals surface area contributed by atoms with Crippen molar-refractivity contribution < 1.29 is 9.59 Å². The van der Waals surface area contributed by atoms with Crippen LogP contribution in [0.2, 0.25) is 0 Å². The molecule has 1 aliphatic heterocycles. The molecular weight excluding hydrogens is 326 g/mol. The number of carbonyl (C=O) groups excluding carboxylic acids is 2. The van der Waals surface area contributed by atoms with Crippen molar-refractivity contribution in [2.24, 2.45) is 0 Å². The van der Waals surface area contributed by atoms with Crippen LogP contribution < -0.4 is 10.2 Å². The van der Waals surface area contributed by atoms with E-state index in [1.807, 2.05) is 49.6 Å². The lowest BCUT2D eigenvalue weighted by molar-refractivity contribution is -0.120. The molecule has 0 fully saturated rings. The molecule has 0 saturated carbocycles. The number of para-hydroxylation sites is 1. The lowest BCUT2D eigenvalue weighted by atomic mass is 9.99. The summed E-state index contributed by atoms with van der Waals surface area (Å²) in [5.41, 5.74) is 5.23. The fourth-order valence-electron chi connectivity index (χ4n) is 3.53. The third kappa shape index (κ3) is 3.08. The molecular formula is C21H21N3O2. The van der Waals surface area contributed by atoms with Crippen molar-refractivity contribution >= 4 is 28.4 Å². The summed E-state index contributed by atoms with van der Waals surface area (Å²) in [4.78, 5) is 29.0. The van der Waals surface area contributed by atoms with Gasteiger partial charge in [-0.1, -0.05) is 30.3 Å². The first kappa shape index (κ1) is 16.4. The maximum atomic E-state index is 12.3. The zero-order valence-electron chi connectivity index (χ0n) is 14.7. The fraction of sp³-hybridized carbons (Fsp3) is 0.238. The Hall–Kier alpha value is -3.08. The number of rotatable bonds is 4. The Kier molecular flexibility index (Phi) is 4.21. The lowest BCUT2D eigenvalue weighted by Gasteiger charge is -2.26. The summed E-state index contributed by atoms with van der Waals surface area (Å²) >= 11 is 0. The van der Waals surface area contributed by atoms with Crippen molar-refractivity contribution in [2.75, 3.05) is 11.9 Å². The lowest BCUT2D eigenvalue weighted by Crippen LogP contribution is -2.31. The average Bonchev–Trinajstić information content (AvgIpc) is 3.06. The standard InChI is InChI=1S/C21H21N3O2/c1-24-19-8-6-14(10-15(19)7-9-21(24)26)12-23-20(25)11-16-13-22-18-5-3-2-4-17(16)18/h2-6,8,10,13,22H,7,9,11-12H2,1H3,(H,23,25).